The van der Waals surface area contributed by atoms with Gasteiger partial charge in [0.15, 0.2) is 0 Å². The molecule has 3 N–H and O–H groups in total. The lowest BCUT2D eigenvalue weighted by Gasteiger charge is -2.02. The number of rotatable bonds is 1. The van der Waals surface area contributed by atoms with Crippen molar-refractivity contribution in [2.75, 3.05) is 5.73 Å². The van der Waals surface area contributed by atoms with Gasteiger partial charge in [0.25, 0.3) is 0 Å². The van der Waals surface area contributed by atoms with Crippen molar-refractivity contribution in [2.24, 2.45) is 0 Å². The fourth-order valence-corrected chi connectivity index (χ4v) is 1.95. The summed E-state index contributed by atoms with van der Waals surface area (Å²) in [6.45, 7) is 0. The van der Waals surface area contributed by atoms with Gasteiger partial charge in [0.1, 0.15) is 0 Å². The van der Waals surface area contributed by atoms with Crippen LogP contribution in [0.25, 0.3) is 10.8 Å². The Morgan fingerprint density at radius 1 is 1.21 bits per heavy atom. The molecule has 0 radical (unpaired) electrons. The Labute approximate surface area is 82.0 Å². The van der Waals surface area contributed by atoms with Crippen LogP contribution in [-0.2, 0) is 4.57 Å². The van der Waals surface area contributed by atoms with Gasteiger partial charge in [-0.1, -0.05) is 18.2 Å². The van der Waals surface area contributed by atoms with Crippen molar-refractivity contribution in [3.63, 3.8) is 0 Å². The summed E-state index contributed by atoms with van der Waals surface area (Å²) in [5.74, 6) is 0. The van der Waals surface area contributed by atoms with Crippen molar-refractivity contribution in [3.8, 4) is 0 Å². The molecule has 2 aromatic carbocycles. The summed E-state index contributed by atoms with van der Waals surface area (Å²) in [7, 11) is -2.61. The van der Waals surface area contributed by atoms with Gasteiger partial charge in [-0.05, 0) is 23.6 Å². The van der Waals surface area contributed by atoms with E-state index in [1.54, 1.807) is 18.2 Å². The van der Waals surface area contributed by atoms with E-state index in [0.717, 1.165) is 10.8 Å². The van der Waals surface area contributed by atoms with Crippen LogP contribution >= 0.6 is 8.03 Å². The average Bonchev–Trinajstić information content (AvgIpc) is 2.17. The zero-order valence-corrected chi connectivity index (χ0v) is 8.40. The minimum atomic E-state index is -2.61. The van der Waals surface area contributed by atoms with Crippen LogP contribution in [0.15, 0.2) is 36.4 Å². The van der Waals surface area contributed by atoms with E-state index in [0.29, 0.717) is 11.0 Å². The second-order valence-corrected chi connectivity index (χ2v) is 4.28. The van der Waals surface area contributed by atoms with Gasteiger partial charge >= 0.3 is 0 Å². The van der Waals surface area contributed by atoms with Crippen molar-refractivity contribution in [1.29, 1.82) is 0 Å². The van der Waals surface area contributed by atoms with Crippen LogP contribution < -0.4 is 11.0 Å². The molecule has 0 aliphatic rings. The highest BCUT2D eigenvalue weighted by Gasteiger charge is 2.01. The molecule has 72 valence electrons. The Bertz CT molecular complexity index is 510. The van der Waals surface area contributed by atoms with E-state index in [2.05, 4.69) is 0 Å². The van der Waals surface area contributed by atoms with Crippen LogP contribution in [0.4, 0.5) is 5.69 Å². The van der Waals surface area contributed by atoms with Crippen molar-refractivity contribution in [1.82, 2.24) is 0 Å². The SMILES string of the molecule is Nc1cccc2cc([PH](=O)O)ccc12. The molecule has 2 rings (SSSR count). The van der Waals surface area contributed by atoms with Crippen molar-refractivity contribution >= 4 is 29.8 Å². The molecule has 2 aromatic rings. The first kappa shape index (κ1) is 9.25. The van der Waals surface area contributed by atoms with Crippen LogP contribution in [0, 0.1) is 0 Å². The zero-order chi connectivity index (χ0) is 10.1. The monoisotopic (exact) mass is 207 g/mol. The number of nitrogens with two attached hydrogens (primary N) is 1. The van der Waals surface area contributed by atoms with E-state index in [1.165, 1.54) is 0 Å². The summed E-state index contributed by atoms with van der Waals surface area (Å²) in [6, 6.07) is 10.6. The Kier molecular flexibility index (Phi) is 2.28. The zero-order valence-electron chi connectivity index (χ0n) is 7.40. The third-order valence-electron chi connectivity index (χ3n) is 2.16. The van der Waals surface area contributed by atoms with Gasteiger partial charge in [0.2, 0.25) is 8.03 Å². The number of benzene rings is 2. The van der Waals surface area contributed by atoms with Crippen molar-refractivity contribution < 1.29 is 9.46 Å². The smallest absolute Gasteiger partial charge is 0.218 e. The fourth-order valence-electron chi connectivity index (χ4n) is 1.44. The number of hydrogen-bond acceptors (Lipinski definition) is 2. The maximum absolute atomic E-state index is 10.9. The normalized spacial score (nSPS) is 12.9. The third kappa shape index (κ3) is 1.52. The molecule has 1 unspecified atom stereocenters. The molecule has 0 bridgehead atoms. The molecule has 0 aliphatic carbocycles. The van der Waals surface area contributed by atoms with E-state index in [9.17, 15) is 4.57 Å². The lowest BCUT2D eigenvalue weighted by atomic mass is 10.1. The first-order valence-electron chi connectivity index (χ1n) is 4.20. The number of hydrogen-bond donors (Lipinski definition) is 2. The van der Waals surface area contributed by atoms with Crippen molar-refractivity contribution in [3.05, 3.63) is 36.4 Å². The first-order valence-corrected chi connectivity index (χ1v) is 5.55. The molecular weight excluding hydrogens is 197 g/mol. The molecule has 0 amide bonds. The summed E-state index contributed by atoms with van der Waals surface area (Å²) in [5, 5.41) is 2.28. The molecule has 4 heteroatoms. The number of fused-ring (bicyclic) bond motifs is 1. The van der Waals surface area contributed by atoms with Gasteiger partial charge < -0.3 is 10.6 Å². The number of nitrogen functional groups attached to an aromatic ring is 1. The topological polar surface area (TPSA) is 63.3 Å². The van der Waals surface area contributed by atoms with E-state index < -0.39 is 8.03 Å². The highest BCUT2D eigenvalue weighted by atomic mass is 31.1. The molecule has 0 spiro atoms. The first-order chi connectivity index (χ1) is 6.68. The average molecular weight is 207 g/mol. The van der Waals surface area contributed by atoms with E-state index >= 15 is 0 Å². The lowest BCUT2D eigenvalue weighted by molar-refractivity contribution is 0.513. The van der Waals surface area contributed by atoms with Gasteiger partial charge in [-0.3, -0.25) is 4.57 Å². The van der Waals surface area contributed by atoms with Crippen LogP contribution in [0.1, 0.15) is 0 Å². The van der Waals surface area contributed by atoms with Crippen LogP contribution in [0.2, 0.25) is 0 Å². The molecule has 0 saturated carbocycles. The molecular formula is C10H10NO2P. The van der Waals surface area contributed by atoms with Gasteiger partial charge in [-0.15, -0.1) is 0 Å². The minimum absolute atomic E-state index is 0.466. The Morgan fingerprint density at radius 2 is 2.00 bits per heavy atom. The van der Waals surface area contributed by atoms with Crippen LogP contribution in [-0.4, -0.2) is 4.89 Å². The van der Waals surface area contributed by atoms with Gasteiger partial charge in [-0.25, -0.2) is 0 Å². The van der Waals surface area contributed by atoms with Gasteiger partial charge in [0.05, 0.1) is 0 Å². The predicted molar refractivity (Wildman–Crippen MR) is 59.2 cm³/mol. The van der Waals surface area contributed by atoms with Gasteiger partial charge in [-0.2, -0.15) is 0 Å². The fraction of sp³-hybridized carbons (Fsp3) is 0. The molecule has 0 aromatic heterocycles. The summed E-state index contributed by atoms with van der Waals surface area (Å²) in [5.41, 5.74) is 6.44. The van der Waals surface area contributed by atoms with Gasteiger partial charge in [0, 0.05) is 16.4 Å². The molecule has 3 nitrogen and oxygen atoms in total. The van der Waals surface area contributed by atoms with Crippen LogP contribution in [0.3, 0.4) is 0 Å². The lowest BCUT2D eigenvalue weighted by Crippen LogP contribution is -1.96. The maximum Gasteiger partial charge on any atom is 0.218 e. The summed E-state index contributed by atoms with van der Waals surface area (Å²) >= 11 is 0. The summed E-state index contributed by atoms with van der Waals surface area (Å²) in [4.78, 5) is 8.97. The molecule has 0 fully saturated rings. The Morgan fingerprint density at radius 3 is 2.71 bits per heavy atom. The van der Waals surface area contributed by atoms with Crippen molar-refractivity contribution in [2.45, 2.75) is 0 Å². The standard InChI is InChI=1S/C10H10NO2P/c11-10-3-1-2-7-6-8(14(12)13)4-5-9(7)10/h1-6,14H,11H2,(H,12,13). The third-order valence-corrected chi connectivity index (χ3v) is 2.97. The quantitative estimate of drug-likeness (QED) is 0.550. The highest BCUT2D eigenvalue weighted by molar-refractivity contribution is 7.47. The summed E-state index contributed by atoms with van der Waals surface area (Å²) in [6.07, 6.45) is 0. The maximum atomic E-state index is 10.9. The second-order valence-electron chi connectivity index (χ2n) is 3.09. The molecule has 1 atom stereocenters. The van der Waals surface area contributed by atoms with E-state index in [-0.39, 0.29) is 0 Å². The van der Waals surface area contributed by atoms with Crippen LogP contribution in [0.5, 0.6) is 0 Å². The van der Waals surface area contributed by atoms with E-state index in [4.69, 9.17) is 10.6 Å². The predicted octanol–water partition coefficient (Wildman–Crippen LogP) is 1.51. The molecule has 14 heavy (non-hydrogen) atoms. The summed E-state index contributed by atoms with van der Waals surface area (Å²) < 4.78 is 10.9. The Hall–Kier alpha value is -1.31. The molecule has 0 aliphatic heterocycles. The van der Waals surface area contributed by atoms with E-state index in [1.807, 2.05) is 18.2 Å². The number of anilines is 1. The second kappa shape index (κ2) is 3.45. The minimum Gasteiger partial charge on any atom is -0.398 e. The highest BCUT2D eigenvalue weighted by Crippen LogP contribution is 2.22. The Balaban J connectivity index is 2.73. The largest absolute Gasteiger partial charge is 0.398 e. The molecule has 0 heterocycles. The molecule has 0 saturated heterocycles.